The van der Waals surface area contributed by atoms with Crippen LogP contribution >= 0.6 is 0 Å². The number of ether oxygens (including phenoxy) is 2. The zero-order valence-corrected chi connectivity index (χ0v) is 12.8. The van der Waals surface area contributed by atoms with Gasteiger partial charge in [-0.2, -0.15) is 0 Å². The van der Waals surface area contributed by atoms with E-state index in [1.54, 1.807) is 12.1 Å². The number of nitrogens with one attached hydrogen (secondary N) is 1. The molecular formula is C17H26FNO2. The van der Waals surface area contributed by atoms with Crippen molar-refractivity contribution in [3.8, 4) is 0 Å². The van der Waals surface area contributed by atoms with Gasteiger partial charge in [0.2, 0.25) is 0 Å². The van der Waals surface area contributed by atoms with Gasteiger partial charge in [-0.25, -0.2) is 4.39 Å². The molecule has 2 unspecified atom stereocenters. The van der Waals surface area contributed by atoms with Crippen molar-refractivity contribution in [1.29, 1.82) is 0 Å². The average molecular weight is 295 g/mol. The molecular weight excluding hydrogens is 269 g/mol. The Hall–Kier alpha value is -0.970. The van der Waals surface area contributed by atoms with E-state index in [1.807, 2.05) is 0 Å². The molecule has 118 valence electrons. The third-order valence-electron chi connectivity index (χ3n) is 3.76. The van der Waals surface area contributed by atoms with E-state index < -0.39 is 0 Å². The number of benzene rings is 1. The van der Waals surface area contributed by atoms with Crippen molar-refractivity contribution >= 4 is 0 Å². The van der Waals surface area contributed by atoms with E-state index in [4.69, 9.17) is 9.47 Å². The van der Waals surface area contributed by atoms with Crippen molar-refractivity contribution < 1.29 is 13.9 Å². The molecule has 0 spiro atoms. The Balaban J connectivity index is 1.89. The SMILES string of the molecule is CCCNCC(OCC1CCCCO1)c1ccc(F)cc1. The summed E-state index contributed by atoms with van der Waals surface area (Å²) in [6, 6.07) is 6.58. The van der Waals surface area contributed by atoms with E-state index in [9.17, 15) is 4.39 Å². The first-order valence-corrected chi connectivity index (χ1v) is 7.99. The second-order valence-corrected chi connectivity index (χ2v) is 5.57. The first-order valence-electron chi connectivity index (χ1n) is 7.99. The van der Waals surface area contributed by atoms with Gasteiger partial charge in [-0.1, -0.05) is 19.1 Å². The van der Waals surface area contributed by atoms with E-state index in [0.29, 0.717) is 6.61 Å². The zero-order chi connectivity index (χ0) is 14.9. The number of rotatable bonds is 8. The molecule has 1 aliphatic rings. The van der Waals surface area contributed by atoms with Gasteiger partial charge in [0.15, 0.2) is 0 Å². The maximum Gasteiger partial charge on any atom is 0.123 e. The minimum atomic E-state index is -0.213. The predicted octanol–water partition coefficient (Wildman–Crippen LogP) is 3.45. The molecule has 3 nitrogen and oxygen atoms in total. The van der Waals surface area contributed by atoms with Gasteiger partial charge in [0.25, 0.3) is 0 Å². The summed E-state index contributed by atoms with van der Waals surface area (Å²) in [5, 5.41) is 3.38. The standard InChI is InChI=1S/C17H26FNO2/c1-2-10-19-12-17(14-6-8-15(18)9-7-14)21-13-16-5-3-4-11-20-16/h6-9,16-17,19H,2-5,10-13H2,1H3. The lowest BCUT2D eigenvalue weighted by Crippen LogP contribution is -2.29. The fraction of sp³-hybridized carbons (Fsp3) is 0.647. The third kappa shape index (κ3) is 5.73. The van der Waals surface area contributed by atoms with E-state index in [0.717, 1.165) is 44.5 Å². The molecule has 0 aromatic heterocycles. The van der Waals surface area contributed by atoms with Gasteiger partial charge in [0, 0.05) is 13.2 Å². The molecule has 1 heterocycles. The highest BCUT2D eigenvalue weighted by atomic mass is 19.1. The summed E-state index contributed by atoms with van der Waals surface area (Å²) in [7, 11) is 0. The van der Waals surface area contributed by atoms with Gasteiger partial charge in [-0.3, -0.25) is 0 Å². The minimum absolute atomic E-state index is 0.0531. The molecule has 1 N–H and O–H groups in total. The monoisotopic (exact) mass is 295 g/mol. The van der Waals surface area contributed by atoms with E-state index >= 15 is 0 Å². The fourth-order valence-corrected chi connectivity index (χ4v) is 2.52. The molecule has 2 rings (SSSR count). The first-order chi connectivity index (χ1) is 10.3. The second-order valence-electron chi connectivity index (χ2n) is 5.57. The number of hydrogen-bond acceptors (Lipinski definition) is 3. The van der Waals surface area contributed by atoms with Crippen molar-refractivity contribution in [2.45, 2.75) is 44.8 Å². The Bertz CT molecular complexity index is 390. The van der Waals surface area contributed by atoms with Crippen LogP contribution < -0.4 is 5.32 Å². The summed E-state index contributed by atoms with van der Waals surface area (Å²) >= 11 is 0. The van der Waals surface area contributed by atoms with E-state index in [-0.39, 0.29) is 18.0 Å². The highest BCUT2D eigenvalue weighted by molar-refractivity contribution is 5.19. The average Bonchev–Trinajstić information content (AvgIpc) is 2.53. The molecule has 0 radical (unpaired) electrons. The minimum Gasteiger partial charge on any atom is -0.376 e. The van der Waals surface area contributed by atoms with Gasteiger partial charge < -0.3 is 14.8 Å². The molecule has 1 aromatic carbocycles. The largest absolute Gasteiger partial charge is 0.376 e. The predicted molar refractivity (Wildman–Crippen MR) is 81.8 cm³/mol. The zero-order valence-electron chi connectivity index (χ0n) is 12.8. The van der Waals surface area contributed by atoms with Crippen molar-refractivity contribution in [1.82, 2.24) is 5.32 Å². The maximum absolute atomic E-state index is 13.1. The van der Waals surface area contributed by atoms with Crippen LogP contribution in [0.15, 0.2) is 24.3 Å². The third-order valence-corrected chi connectivity index (χ3v) is 3.76. The Morgan fingerprint density at radius 3 is 2.81 bits per heavy atom. The molecule has 0 saturated carbocycles. The molecule has 0 aliphatic carbocycles. The number of halogens is 1. The Morgan fingerprint density at radius 1 is 1.33 bits per heavy atom. The molecule has 1 aliphatic heterocycles. The van der Waals surface area contributed by atoms with Gasteiger partial charge in [-0.15, -0.1) is 0 Å². The van der Waals surface area contributed by atoms with Crippen LogP contribution in [0, 0.1) is 5.82 Å². The van der Waals surface area contributed by atoms with Crippen LogP contribution in [0.1, 0.15) is 44.3 Å². The van der Waals surface area contributed by atoms with Gasteiger partial charge in [0.05, 0.1) is 18.8 Å². The molecule has 1 saturated heterocycles. The van der Waals surface area contributed by atoms with E-state index in [1.165, 1.54) is 18.6 Å². The first kappa shape index (κ1) is 16.4. The van der Waals surface area contributed by atoms with Crippen molar-refractivity contribution in [2.75, 3.05) is 26.3 Å². The molecule has 21 heavy (non-hydrogen) atoms. The van der Waals surface area contributed by atoms with Crippen molar-refractivity contribution in [3.05, 3.63) is 35.6 Å². The second kappa shape index (κ2) is 9.13. The Kier molecular flexibility index (Phi) is 7.13. The molecule has 0 bridgehead atoms. The van der Waals surface area contributed by atoms with Crippen molar-refractivity contribution in [3.63, 3.8) is 0 Å². The van der Waals surface area contributed by atoms with Gasteiger partial charge in [-0.05, 0) is 49.9 Å². The van der Waals surface area contributed by atoms with Crippen LogP contribution in [0.3, 0.4) is 0 Å². The Morgan fingerprint density at radius 2 is 2.14 bits per heavy atom. The summed E-state index contributed by atoms with van der Waals surface area (Å²) in [5.74, 6) is -0.213. The fourth-order valence-electron chi connectivity index (χ4n) is 2.52. The quantitative estimate of drug-likeness (QED) is 0.745. The maximum atomic E-state index is 13.1. The van der Waals surface area contributed by atoms with Crippen LogP contribution in [0.25, 0.3) is 0 Å². The summed E-state index contributed by atoms with van der Waals surface area (Å²) < 4.78 is 24.8. The topological polar surface area (TPSA) is 30.5 Å². The molecule has 2 atom stereocenters. The van der Waals surface area contributed by atoms with Gasteiger partial charge in [0.1, 0.15) is 5.82 Å². The van der Waals surface area contributed by atoms with Crippen LogP contribution in [-0.4, -0.2) is 32.4 Å². The van der Waals surface area contributed by atoms with Crippen LogP contribution in [-0.2, 0) is 9.47 Å². The Labute approximate surface area is 126 Å². The van der Waals surface area contributed by atoms with Crippen molar-refractivity contribution in [2.24, 2.45) is 0 Å². The number of hydrogen-bond donors (Lipinski definition) is 1. The highest BCUT2D eigenvalue weighted by Crippen LogP contribution is 2.20. The summed E-state index contributed by atoms with van der Waals surface area (Å²) in [4.78, 5) is 0. The lowest BCUT2D eigenvalue weighted by molar-refractivity contribution is -0.0633. The smallest absolute Gasteiger partial charge is 0.123 e. The highest BCUT2D eigenvalue weighted by Gasteiger charge is 2.18. The van der Waals surface area contributed by atoms with Gasteiger partial charge >= 0.3 is 0 Å². The lowest BCUT2D eigenvalue weighted by Gasteiger charge is -2.26. The summed E-state index contributed by atoms with van der Waals surface area (Å²) in [6.07, 6.45) is 4.66. The molecule has 1 fully saturated rings. The molecule has 1 aromatic rings. The van der Waals surface area contributed by atoms with E-state index in [2.05, 4.69) is 12.2 Å². The normalized spacial score (nSPS) is 20.4. The van der Waals surface area contributed by atoms with Crippen LogP contribution in [0.2, 0.25) is 0 Å². The molecule has 4 heteroatoms. The molecule has 0 amide bonds. The van der Waals surface area contributed by atoms with Crippen LogP contribution in [0.4, 0.5) is 4.39 Å². The summed E-state index contributed by atoms with van der Waals surface area (Å²) in [6.45, 7) is 5.28. The summed E-state index contributed by atoms with van der Waals surface area (Å²) in [5.41, 5.74) is 1.01. The van der Waals surface area contributed by atoms with Crippen LogP contribution in [0.5, 0.6) is 0 Å². The lowest BCUT2D eigenvalue weighted by atomic mass is 10.1.